The largest absolute Gasteiger partial charge is 0.417 e. The summed E-state index contributed by atoms with van der Waals surface area (Å²) in [6, 6.07) is 8.54. The first-order valence-corrected chi connectivity index (χ1v) is 9.80. The van der Waals surface area contributed by atoms with Crippen molar-refractivity contribution in [3.05, 3.63) is 62.9 Å². The fourth-order valence-electron chi connectivity index (χ4n) is 3.94. The van der Waals surface area contributed by atoms with E-state index in [-0.39, 0.29) is 5.69 Å². The molecular formula is C20H20N6O4. The maximum Gasteiger partial charge on any atom is 0.417 e. The van der Waals surface area contributed by atoms with Crippen molar-refractivity contribution in [1.29, 1.82) is 0 Å². The van der Waals surface area contributed by atoms with E-state index in [1.807, 2.05) is 6.07 Å². The topological polar surface area (TPSA) is 122 Å². The minimum Gasteiger partial charge on any atom is -0.408 e. The summed E-state index contributed by atoms with van der Waals surface area (Å²) >= 11 is 0. The number of imidazole rings is 1. The Balaban J connectivity index is 1.66. The Morgan fingerprint density at radius 1 is 1.20 bits per heavy atom. The number of hydrogen-bond donors (Lipinski definition) is 2. The molecule has 0 unspecified atom stereocenters. The summed E-state index contributed by atoms with van der Waals surface area (Å²) in [5, 5.41) is 14.7. The summed E-state index contributed by atoms with van der Waals surface area (Å²) in [4.78, 5) is 32.2. The molecule has 0 atom stereocenters. The van der Waals surface area contributed by atoms with E-state index < -0.39 is 10.7 Å². The van der Waals surface area contributed by atoms with Crippen LogP contribution in [0.5, 0.6) is 0 Å². The van der Waals surface area contributed by atoms with Crippen LogP contribution in [-0.2, 0) is 6.54 Å². The van der Waals surface area contributed by atoms with Crippen LogP contribution in [0.1, 0.15) is 12.1 Å². The third-order valence-corrected chi connectivity index (χ3v) is 5.41. The number of aromatic amines is 1. The van der Waals surface area contributed by atoms with E-state index in [0.717, 1.165) is 49.6 Å². The molecule has 3 aromatic heterocycles. The highest BCUT2D eigenvalue weighted by Gasteiger charge is 2.20. The Labute approximate surface area is 170 Å². The number of aromatic nitrogens is 3. The number of nitrogens with zero attached hydrogens (tertiary/aromatic N) is 4. The van der Waals surface area contributed by atoms with Gasteiger partial charge in [-0.2, -0.15) is 0 Å². The summed E-state index contributed by atoms with van der Waals surface area (Å²) < 4.78 is 7.00. The molecule has 1 aromatic carbocycles. The number of nitro groups is 1. The first-order valence-electron chi connectivity index (χ1n) is 9.80. The fourth-order valence-corrected chi connectivity index (χ4v) is 3.94. The molecule has 10 nitrogen and oxygen atoms in total. The van der Waals surface area contributed by atoms with Crippen LogP contribution in [0.2, 0.25) is 0 Å². The Morgan fingerprint density at radius 2 is 2.10 bits per heavy atom. The molecule has 10 heteroatoms. The third kappa shape index (κ3) is 3.36. The lowest BCUT2D eigenvalue weighted by atomic mass is 10.1. The minimum absolute atomic E-state index is 0.0114. The molecule has 1 saturated heterocycles. The SMILES string of the molecule is O=c1[nH]c2ccc(-c3nc4ccc([N+](=O)[O-])cn4c3CN3CCCNCC3)cc2o1. The normalized spacial score (nSPS) is 15.6. The van der Waals surface area contributed by atoms with Gasteiger partial charge in [-0.05, 0) is 37.7 Å². The van der Waals surface area contributed by atoms with Crippen molar-refractivity contribution in [1.82, 2.24) is 24.6 Å². The van der Waals surface area contributed by atoms with Crippen molar-refractivity contribution in [3.8, 4) is 11.3 Å². The second kappa shape index (κ2) is 7.39. The van der Waals surface area contributed by atoms with Gasteiger partial charge in [-0.3, -0.25) is 24.4 Å². The minimum atomic E-state index is -0.509. The molecule has 5 rings (SSSR count). The van der Waals surface area contributed by atoms with Gasteiger partial charge in [0.15, 0.2) is 5.58 Å². The van der Waals surface area contributed by atoms with E-state index in [4.69, 9.17) is 9.40 Å². The lowest BCUT2D eigenvalue weighted by Crippen LogP contribution is -2.28. The van der Waals surface area contributed by atoms with Gasteiger partial charge in [0.05, 0.1) is 28.0 Å². The highest BCUT2D eigenvalue weighted by molar-refractivity contribution is 5.80. The predicted molar refractivity (Wildman–Crippen MR) is 110 cm³/mol. The van der Waals surface area contributed by atoms with Crippen molar-refractivity contribution in [3.63, 3.8) is 0 Å². The summed E-state index contributed by atoms with van der Waals surface area (Å²) in [7, 11) is 0. The fraction of sp³-hybridized carbons (Fsp3) is 0.300. The summed E-state index contributed by atoms with van der Waals surface area (Å²) in [5.74, 6) is -0.509. The Morgan fingerprint density at radius 3 is 2.97 bits per heavy atom. The zero-order chi connectivity index (χ0) is 20.7. The summed E-state index contributed by atoms with van der Waals surface area (Å²) in [6.45, 7) is 4.29. The van der Waals surface area contributed by atoms with Crippen LogP contribution in [-0.4, -0.2) is 50.4 Å². The second-order valence-electron chi connectivity index (χ2n) is 7.38. The van der Waals surface area contributed by atoms with Crippen molar-refractivity contribution in [2.24, 2.45) is 0 Å². The molecular weight excluding hydrogens is 388 g/mol. The predicted octanol–water partition coefficient (Wildman–Crippen LogP) is 2.14. The van der Waals surface area contributed by atoms with Gasteiger partial charge in [0.25, 0.3) is 5.69 Å². The molecule has 154 valence electrons. The van der Waals surface area contributed by atoms with Gasteiger partial charge in [-0.15, -0.1) is 0 Å². The highest BCUT2D eigenvalue weighted by Crippen LogP contribution is 2.29. The number of oxazole rings is 1. The number of fused-ring (bicyclic) bond motifs is 2. The van der Waals surface area contributed by atoms with E-state index in [2.05, 4.69) is 15.2 Å². The van der Waals surface area contributed by atoms with E-state index in [9.17, 15) is 14.9 Å². The molecule has 0 spiro atoms. The Kier molecular flexibility index (Phi) is 4.57. The van der Waals surface area contributed by atoms with Crippen LogP contribution in [0.15, 0.2) is 45.7 Å². The quantitative estimate of drug-likeness (QED) is 0.392. The molecule has 0 aliphatic carbocycles. The second-order valence-corrected chi connectivity index (χ2v) is 7.38. The molecule has 0 bridgehead atoms. The van der Waals surface area contributed by atoms with Crippen LogP contribution < -0.4 is 11.1 Å². The maximum absolute atomic E-state index is 11.5. The number of H-pyrrole nitrogens is 1. The van der Waals surface area contributed by atoms with Gasteiger partial charge in [-0.25, -0.2) is 9.78 Å². The Hall–Kier alpha value is -3.50. The molecule has 0 saturated carbocycles. The first kappa shape index (κ1) is 18.5. The van der Waals surface area contributed by atoms with Crippen LogP contribution in [0, 0.1) is 10.1 Å². The molecule has 2 N–H and O–H groups in total. The van der Waals surface area contributed by atoms with Crippen molar-refractivity contribution < 1.29 is 9.34 Å². The van der Waals surface area contributed by atoms with Crippen molar-refractivity contribution in [2.45, 2.75) is 13.0 Å². The van der Waals surface area contributed by atoms with Crippen LogP contribution in [0.3, 0.4) is 0 Å². The van der Waals surface area contributed by atoms with Crippen LogP contribution in [0.4, 0.5) is 5.69 Å². The molecule has 4 heterocycles. The standard InChI is InChI=1S/C20H20N6O4/c27-20-22-15-4-2-13(10-17(15)30-20)19-16(12-24-8-1-6-21-7-9-24)25-11-14(26(28)29)3-5-18(25)23-19/h2-5,10-11,21H,1,6-9,12H2,(H,22,27). The zero-order valence-corrected chi connectivity index (χ0v) is 16.1. The third-order valence-electron chi connectivity index (χ3n) is 5.41. The number of nitrogens with one attached hydrogen (secondary N) is 2. The molecule has 1 fully saturated rings. The van der Waals surface area contributed by atoms with E-state index >= 15 is 0 Å². The highest BCUT2D eigenvalue weighted by atomic mass is 16.6. The van der Waals surface area contributed by atoms with E-state index in [1.54, 1.807) is 22.6 Å². The van der Waals surface area contributed by atoms with Crippen molar-refractivity contribution >= 4 is 22.4 Å². The van der Waals surface area contributed by atoms with Gasteiger partial charge < -0.3 is 9.73 Å². The zero-order valence-electron chi connectivity index (χ0n) is 16.1. The monoisotopic (exact) mass is 408 g/mol. The van der Waals surface area contributed by atoms with Crippen LogP contribution >= 0.6 is 0 Å². The van der Waals surface area contributed by atoms with Gasteiger partial charge in [0, 0.05) is 31.3 Å². The number of rotatable bonds is 4. The maximum atomic E-state index is 11.5. The molecule has 0 amide bonds. The van der Waals surface area contributed by atoms with Gasteiger partial charge in [0.2, 0.25) is 0 Å². The molecule has 0 radical (unpaired) electrons. The van der Waals surface area contributed by atoms with Gasteiger partial charge >= 0.3 is 5.76 Å². The molecule has 4 aromatic rings. The number of benzene rings is 1. The van der Waals surface area contributed by atoms with Gasteiger partial charge in [0.1, 0.15) is 5.65 Å². The smallest absolute Gasteiger partial charge is 0.408 e. The van der Waals surface area contributed by atoms with Gasteiger partial charge in [-0.1, -0.05) is 6.07 Å². The number of pyridine rings is 1. The molecule has 1 aliphatic rings. The molecule has 30 heavy (non-hydrogen) atoms. The lowest BCUT2D eigenvalue weighted by Gasteiger charge is -2.20. The van der Waals surface area contributed by atoms with Crippen LogP contribution in [0.25, 0.3) is 28.0 Å². The number of hydrogen-bond acceptors (Lipinski definition) is 7. The lowest BCUT2D eigenvalue weighted by molar-refractivity contribution is -0.385. The summed E-state index contributed by atoms with van der Waals surface area (Å²) in [5.41, 5.74) is 4.09. The average molecular weight is 408 g/mol. The first-order chi connectivity index (χ1) is 14.6. The average Bonchev–Trinajstić information content (AvgIpc) is 3.16. The molecule has 1 aliphatic heterocycles. The summed E-state index contributed by atoms with van der Waals surface area (Å²) in [6.07, 6.45) is 2.55. The van der Waals surface area contributed by atoms with Crippen molar-refractivity contribution in [2.75, 3.05) is 26.2 Å². The van der Waals surface area contributed by atoms with E-state index in [0.29, 0.717) is 23.3 Å². The Bertz CT molecular complexity index is 1300. The van der Waals surface area contributed by atoms with E-state index in [1.165, 1.54) is 12.3 Å².